The van der Waals surface area contributed by atoms with Crippen molar-refractivity contribution < 1.29 is 9.59 Å². The van der Waals surface area contributed by atoms with Crippen LogP contribution in [0.2, 0.25) is 0 Å². The molecule has 0 heterocycles. The van der Waals surface area contributed by atoms with Gasteiger partial charge in [0.2, 0.25) is 11.8 Å². The topological polar surface area (TPSA) is 40.6 Å². The molecular formula is C24H36N2O2. The highest BCUT2D eigenvalue weighted by atomic mass is 16.2. The van der Waals surface area contributed by atoms with Crippen LogP contribution >= 0.6 is 0 Å². The Balaban J connectivity index is 1.60. The molecule has 0 N–H and O–H groups in total. The zero-order valence-corrected chi connectivity index (χ0v) is 18.0. The third-order valence-corrected chi connectivity index (χ3v) is 7.02. The van der Waals surface area contributed by atoms with Crippen LogP contribution < -0.4 is 9.80 Å². The third kappa shape index (κ3) is 4.76. The van der Waals surface area contributed by atoms with E-state index in [0.29, 0.717) is 0 Å². The fourth-order valence-electron chi connectivity index (χ4n) is 4.72. The Labute approximate surface area is 170 Å². The van der Waals surface area contributed by atoms with Crippen molar-refractivity contribution in [1.29, 1.82) is 0 Å². The Morgan fingerprint density at radius 3 is 1.21 bits per heavy atom. The molecule has 2 amide bonds. The first-order chi connectivity index (χ1) is 13.4. The monoisotopic (exact) mass is 384 g/mol. The van der Waals surface area contributed by atoms with Crippen molar-refractivity contribution in [2.24, 2.45) is 23.7 Å². The number of amides is 2. The van der Waals surface area contributed by atoms with Crippen molar-refractivity contribution in [2.75, 3.05) is 23.9 Å². The average Bonchev–Trinajstić information content (AvgIpc) is 2.73. The van der Waals surface area contributed by atoms with Gasteiger partial charge in [0, 0.05) is 37.3 Å². The molecule has 0 radical (unpaired) electrons. The molecule has 1 aromatic rings. The minimum absolute atomic E-state index is 0.152. The Bertz CT molecular complexity index is 609. The van der Waals surface area contributed by atoms with Crippen LogP contribution in [-0.4, -0.2) is 25.9 Å². The SMILES string of the molecule is CN(c1ccc(N(C)C(=O)[C@H]2CC[C@H](C)CC2)cc1)C(=O)[C@H]1CC[C@H](C)CC1. The summed E-state index contributed by atoms with van der Waals surface area (Å²) in [5.41, 5.74) is 1.81. The fourth-order valence-corrected chi connectivity index (χ4v) is 4.72. The molecule has 0 atom stereocenters. The van der Waals surface area contributed by atoms with Crippen molar-refractivity contribution in [2.45, 2.75) is 65.2 Å². The molecule has 2 aliphatic rings. The van der Waals surface area contributed by atoms with E-state index in [0.717, 1.165) is 74.6 Å². The fraction of sp³-hybridized carbons (Fsp3) is 0.667. The molecule has 2 aliphatic carbocycles. The number of anilines is 2. The lowest BCUT2D eigenvalue weighted by Crippen LogP contribution is -2.35. The number of rotatable bonds is 4. The molecule has 4 nitrogen and oxygen atoms in total. The van der Waals surface area contributed by atoms with Gasteiger partial charge in [0.1, 0.15) is 0 Å². The Morgan fingerprint density at radius 2 is 0.929 bits per heavy atom. The second-order valence-corrected chi connectivity index (χ2v) is 9.22. The van der Waals surface area contributed by atoms with Gasteiger partial charge in [0.05, 0.1) is 0 Å². The van der Waals surface area contributed by atoms with Gasteiger partial charge in [-0.15, -0.1) is 0 Å². The lowest BCUT2D eigenvalue weighted by molar-refractivity contribution is -0.124. The molecule has 0 bridgehead atoms. The van der Waals surface area contributed by atoms with E-state index in [2.05, 4.69) is 13.8 Å². The van der Waals surface area contributed by atoms with Gasteiger partial charge >= 0.3 is 0 Å². The summed E-state index contributed by atoms with van der Waals surface area (Å²) in [4.78, 5) is 29.2. The number of benzene rings is 1. The van der Waals surface area contributed by atoms with E-state index in [1.165, 1.54) is 0 Å². The van der Waals surface area contributed by atoms with Crippen molar-refractivity contribution in [3.8, 4) is 0 Å². The van der Waals surface area contributed by atoms with Crippen molar-refractivity contribution in [3.05, 3.63) is 24.3 Å². The molecule has 0 spiro atoms. The summed E-state index contributed by atoms with van der Waals surface area (Å²) in [5, 5.41) is 0. The number of nitrogens with zero attached hydrogens (tertiary/aromatic N) is 2. The third-order valence-electron chi connectivity index (χ3n) is 7.02. The predicted molar refractivity (Wildman–Crippen MR) is 116 cm³/mol. The number of hydrogen-bond donors (Lipinski definition) is 0. The summed E-state index contributed by atoms with van der Waals surface area (Å²) in [6.45, 7) is 4.55. The number of carbonyl (C=O) groups is 2. The molecule has 3 rings (SSSR count). The first-order valence-electron chi connectivity index (χ1n) is 11.0. The number of carbonyl (C=O) groups excluding carboxylic acids is 2. The van der Waals surface area contributed by atoms with Gasteiger partial charge in [-0.05, 0) is 87.5 Å². The lowest BCUT2D eigenvalue weighted by Gasteiger charge is -2.30. The Hall–Kier alpha value is -1.84. The molecule has 154 valence electrons. The van der Waals surface area contributed by atoms with Crippen LogP contribution in [0.4, 0.5) is 11.4 Å². The highest BCUT2D eigenvalue weighted by molar-refractivity contribution is 5.96. The lowest BCUT2D eigenvalue weighted by atomic mass is 9.82. The van der Waals surface area contributed by atoms with Gasteiger partial charge in [0.25, 0.3) is 0 Å². The van der Waals surface area contributed by atoms with Gasteiger partial charge in [-0.1, -0.05) is 13.8 Å². The summed E-state index contributed by atoms with van der Waals surface area (Å²) in [6.07, 6.45) is 8.59. The zero-order chi connectivity index (χ0) is 20.3. The van der Waals surface area contributed by atoms with E-state index < -0.39 is 0 Å². The normalized spacial score (nSPS) is 27.9. The molecule has 0 saturated heterocycles. The molecule has 4 heteroatoms. The average molecular weight is 385 g/mol. The summed E-state index contributed by atoms with van der Waals surface area (Å²) in [7, 11) is 3.74. The van der Waals surface area contributed by atoms with Crippen molar-refractivity contribution in [1.82, 2.24) is 0 Å². The predicted octanol–water partition coefficient (Wildman–Crippen LogP) is 5.26. The van der Waals surface area contributed by atoms with Gasteiger partial charge in [0.15, 0.2) is 0 Å². The summed E-state index contributed by atoms with van der Waals surface area (Å²) >= 11 is 0. The molecule has 1 aromatic carbocycles. The molecule has 0 aromatic heterocycles. The maximum absolute atomic E-state index is 12.8. The van der Waals surface area contributed by atoms with Crippen LogP contribution in [0.25, 0.3) is 0 Å². The van der Waals surface area contributed by atoms with Crippen LogP contribution in [0.3, 0.4) is 0 Å². The standard InChI is InChI=1S/C24H36N2O2/c1-17-5-9-19(10-6-17)23(27)25(3)21-13-15-22(16-14-21)26(4)24(28)20-11-7-18(2)8-12-20/h13-20H,5-12H2,1-4H3/t17-,18-,19-,20-. The van der Waals surface area contributed by atoms with Gasteiger partial charge in [-0.3, -0.25) is 9.59 Å². The van der Waals surface area contributed by atoms with Crippen LogP contribution in [0.1, 0.15) is 65.2 Å². The Morgan fingerprint density at radius 1 is 0.643 bits per heavy atom. The minimum Gasteiger partial charge on any atom is -0.315 e. The molecule has 0 aliphatic heterocycles. The highest BCUT2D eigenvalue weighted by Crippen LogP contribution is 2.32. The summed E-state index contributed by atoms with van der Waals surface area (Å²) in [6, 6.07) is 7.85. The van der Waals surface area contributed by atoms with Gasteiger partial charge in [-0.2, -0.15) is 0 Å². The molecule has 0 unspecified atom stereocenters. The quantitative estimate of drug-likeness (QED) is 0.710. The highest BCUT2D eigenvalue weighted by Gasteiger charge is 2.28. The van der Waals surface area contributed by atoms with Crippen LogP contribution in [0, 0.1) is 23.7 Å². The largest absolute Gasteiger partial charge is 0.315 e. The van der Waals surface area contributed by atoms with E-state index in [4.69, 9.17) is 0 Å². The first kappa shape index (κ1) is 20.9. The summed E-state index contributed by atoms with van der Waals surface area (Å²) < 4.78 is 0. The van der Waals surface area contributed by atoms with Crippen LogP contribution in [-0.2, 0) is 9.59 Å². The maximum Gasteiger partial charge on any atom is 0.229 e. The van der Waals surface area contributed by atoms with Crippen LogP contribution in [0.5, 0.6) is 0 Å². The smallest absolute Gasteiger partial charge is 0.229 e. The zero-order valence-electron chi connectivity index (χ0n) is 18.0. The van der Waals surface area contributed by atoms with E-state index >= 15 is 0 Å². The van der Waals surface area contributed by atoms with E-state index in [-0.39, 0.29) is 23.7 Å². The van der Waals surface area contributed by atoms with E-state index in [9.17, 15) is 9.59 Å². The van der Waals surface area contributed by atoms with Crippen LogP contribution in [0.15, 0.2) is 24.3 Å². The second-order valence-electron chi connectivity index (χ2n) is 9.22. The Kier molecular flexibility index (Phi) is 6.79. The van der Waals surface area contributed by atoms with Crippen molar-refractivity contribution in [3.63, 3.8) is 0 Å². The minimum atomic E-state index is 0.152. The van der Waals surface area contributed by atoms with Crippen molar-refractivity contribution >= 4 is 23.2 Å². The van der Waals surface area contributed by atoms with Gasteiger partial charge < -0.3 is 9.80 Å². The maximum atomic E-state index is 12.8. The number of hydrogen-bond acceptors (Lipinski definition) is 2. The second kappa shape index (κ2) is 9.11. The summed E-state index contributed by atoms with van der Waals surface area (Å²) in [5.74, 6) is 2.24. The molecule has 2 saturated carbocycles. The van der Waals surface area contributed by atoms with Gasteiger partial charge in [-0.25, -0.2) is 0 Å². The molecule has 2 fully saturated rings. The first-order valence-corrected chi connectivity index (χ1v) is 11.0. The van der Waals surface area contributed by atoms with E-state index in [1.807, 2.05) is 38.4 Å². The van der Waals surface area contributed by atoms with E-state index in [1.54, 1.807) is 9.80 Å². The molecular weight excluding hydrogens is 348 g/mol. The molecule has 28 heavy (non-hydrogen) atoms.